The van der Waals surface area contributed by atoms with Crippen LogP contribution < -0.4 is 5.32 Å². The number of hydrogen-bond donors (Lipinski definition) is 2. The zero-order valence-corrected chi connectivity index (χ0v) is 15.5. The Hall–Kier alpha value is -2.01. The van der Waals surface area contributed by atoms with Crippen LogP contribution in [0.25, 0.3) is 11.0 Å². The van der Waals surface area contributed by atoms with Crippen molar-refractivity contribution in [1.82, 2.24) is 10.2 Å². The summed E-state index contributed by atoms with van der Waals surface area (Å²) in [4.78, 5) is 14.6. The van der Waals surface area contributed by atoms with Gasteiger partial charge in [0.25, 0.3) is 0 Å². The van der Waals surface area contributed by atoms with E-state index in [1.54, 1.807) is 4.90 Å². The summed E-state index contributed by atoms with van der Waals surface area (Å²) in [6, 6.07) is 7.70. The van der Waals surface area contributed by atoms with Crippen molar-refractivity contribution in [1.29, 1.82) is 0 Å². The van der Waals surface area contributed by atoms with Gasteiger partial charge in [-0.2, -0.15) is 0 Å². The van der Waals surface area contributed by atoms with Crippen LogP contribution in [0.4, 0.5) is 4.79 Å². The van der Waals surface area contributed by atoms with E-state index >= 15 is 0 Å². The molecule has 1 aliphatic heterocycles. The summed E-state index contributed by atoms with van der Waals surface area (Å²) >= 11 is 0. The number of carbonyl (C=O) groups is 1. The summed E-state index contributed by atoms with van der Waals surface area (Å²) in [6.07, 6.45) is 0. The van der Waals surface area contributed by atoms with Gasteiger partial charge >= 0.3 is 6.03 Å². The molecule has 0 unspecified atom stereocenters. The third-order valence-electron chi connectivity index (χ3n) is 5.40. The van der Waals surface area contributed by atoms with Crippen LogP contribution in [0, 0.1) is 24.7 Å². The number of likely N-dealkylation sites (tertiary alicyclic amines) is 1. The average molecular weight is 344 g/mol. The summed E-state index contributed by atoms with van der Waals surface area (Å²) in [7, 11) is 0. The van der Waals surface area contributed by atoms with Crippen molar-refractivity contribution in [3.63, 3.8) is 0 Å². The minimum absolute atomic E-state index is 0.0821. The number of carbonyl (C=O) groups excluding carboxylic acids is 1. The van der Waals surface area contributed by atoms with Gasteiger partial charge in [0.2, 0.25) is 0 Å². The van der Waals surface area contributed by atoms with Crippen LogP contribution in [0.1, 0.15) is 38.1 Å². The second kappa shape index (κ2) is 7.08. The Morgan fingerprint density at radius 1 is 1.36 bits per heavy atom. The quantitative estimate of drug-likeness (QED) is 0.888. The van der Waals surface area contributed by atoms with Crippen LogP contribution in [0.3, 0.4) is 0 Å². The van der Waals surface area contributed by atoms with Crippen LogP contribution in [-0.2, 0) is 0 Å². The van der Waals surface area contributed by atoms with E-state index in [1.165, 1.54) is 0 Å². The van der Waals surface area contributed by atoms with E-state index in [0.717, 1.165) is 22.3 Å². The van der Waals surface area contributed by atoms with E-state index < -0.39 is 0 Å². The number of aliphatic hydroxyl groups is 1. The van der Waals surface area contributed by atoms with Gasteiger partial charge in [0.1, 0.15) is 11.3 Å². The number of fused-ring (bicyclic) bond motifs is 1. The molecule has 1 aromatic carbocycles. The molecule has 5 heteroatoms. The molecule has 2 N–H and O–H groups in total. The number of para-hydroxylation sites is 1. The van der Waals surface area contributed by atoms with Crippen LogP contribution in [0.15, 0.2) is 28.7 Å². The fraction of sp³-hybridized carbons (Fsp3) is 0.550. The Morgan fingerprint density at radius 2 is 2.08 bits per heavy atom. The summed E-state index contributed by atoms with van der Waals surface area (Å²) in [5.41, 5.74) is 1.93. The third kappa shape index (κ3) is 3.38. The van der Waals surface area contributed by atoms with Crippen molar-refractivity contribution in [3.05, 3.63) is 35.6 Å². The minimum Gasteiger partial charge on any atom is -0.459 e. The third-order valence-corrected chi connectivity index (χ3v) is 5.40. The number of amides is 2. The molecule has 2 heterocycles. The first-order chi connectivity index (χ1) is 11.9. The highest BCUT2D eigenvalue weighted by Crippen LogP contribution is 2.33. The van der Waals surface area contributed by atoms with Crippen LogP contribution in [0.2, 0.25) is 0 Å². The fourth-order valence-electron chi connectivity index (χ4n) is 3.69. The summed E-state index contributed by atoms with van der Waals surface area (Å²) in [5, 5.41) is 13.7. The van der Waals surface area contributed by atoms with Crippen LogP contribution >= 0.6 is 0 Å². The fourth-order valence-corrected chi connectivity index (χ4v) is 3.69. The molecule has 5 nitrogen and oxygen atoms in total. The number of aliphatic hydroxyl groups excluding tert-OH is 1. The molecule has 0 saturated carbocycles. The topological polar surface area (TPSA) is 65.7 Å². The zero-order valence-electron chi connectivity index (χ0n) is 15.5. The maximum absolute atomic E-state index is 12.8. The highest BCUT2D eigenvalue weighted by molar-refractivity contribution is 5.82. The number of nitrogens with one attached hydrogen (secondary N) is 1. The number of rotatable bonds is 4. The van der Waals surface area contributed by atoms with Crippen LogP contribution in [-0.4, -0.2) is 35.7 Å². The number of nitrogens with zero attached hydrogens (tertiary/aromatic N) is 1. The Morgan fingerprint density at radius 3 is 2.68 bits per heavy atom. The second-order valence-corrected chi connectivity index (χ2v) is 7.58. The highest BCUT2D eigenvalue weighted by atomic mass is 16.3. The van der Waals surface area contributed by atoms with Crippen molar-refractivity contribution >= 4 is 17.0 Å². The number of furan rings is 1. The van der Waals surface area contributed by atoms with Gasteiger partial charge < -0.3 is 19.7 Å². The Balaban J connectivity index is 1.82. The monoisotopic (exact) mass is 344 g/mol. The summed E-state index contributed by atoms with van der Waals surface area (Å²) < 4.78 is 6.08. The molecule has 2 amide bonds. The average Bonchev–Trinajstić information content (AvgIpc) is 3.13. The molecular formula is C20H28N2O3. The number of urea groups is 1. The van der Waals surface area contributed by atoms with Gasteiger partial charge in [0.05, 0.1) is 6.04 Å². The van der Waals surface area contributed by atoms with Crippen LogP contribution in [0.5, 0.6) is 0 Å². The van der Waals surface area contributed by atoms with E-state index in [-0.39, 0.29) is 30.5 Å². The lowest BCUT2D eigenvalue weighted by Gasteiger charge is -2.25. The highest BCUT2D eigenvalue weighted by Gasteiger charge is 2.34. The molecule has 0 bridgehead atoms. The molecule has 0 aliphatic carbocycles. The second-order valence-electron chi connectivity index (χ2n) is 7.58. The Bertz CT molecular complexity index is 752. The van der Waals surface area contributed by atoms with Gasteiger partial charge in [-0.3, -0.25) is 0 Å². The molecule has 136 valence electrons. The van der Waals surface area contributed by atoms with E-state index in [2.05, 4.69) is 26.1 Å². The summed E-state index contributed by atoms with van der Waals surface area (Å²) in [5.74, 6) is 1.52. The maximum atomic E-state index is 12.8. The predicted molar refractivity (Wildman–Crippen MR) is 98.4 cm³/mol. The van der Waals surface area contributed by atoms with Crippen molar-refractivity contribution in [3.8, 4) is 0 Å². The molecule has 1 aliphatic rings. The van der Waals surface area contributed by atoms with Gasteiger partial charge in [-0.15, -0.1) is 0 Å². The number of benzene rings is 1. The van der Waals surface area contributed by atoms with E-state index in [1.807, 2.05) is 31.2 Å². The van der Waals surface area contributed by atoms with E-state index in [4.69, 9.17) is 4.42 Å². The van der Waals surface area contributed by atoms with Gasteiger partial charge in [-0.05, 0) is 24.8 Å². The molecule has 0 spiro atoms. The minimum atomic E-state index is -0.177. The van der Waals surface area contributed by atoms with E-state index in [9.17, 15) is 9.90 Å². The summed E-state index contributed by atoms with van der Waals surface area (Å²) in [6.45, 7) is 9.71. The lowest BCUT2D eigenvalue weighted by molar-refractivity contribution is 0.188. The molecule has 3 atom stereocenters. The van der Waals surface area contributed by atoms with Crippen molar-refractivity contribution in [2.75, 3.05) is 19.7 Å². The number of aryl methyl sites for hydroxylation is 1. The van der Waals surface area contributed by atoms with Gasteiger partial charge in [-0.1, -0.05) is 39.0 Å². The standard InChI is InChI=1S/C20H28N2O3/c1-12(2)18(19-14(4)16-7-5-6-8-17(16)25-19)21-20(24)22-9-13(3)15(10-22)11-23/h5-8,12-13,15,18,23H,9-11H2,1-4H3,(H,21,24)/t13-,15+,18-/m1/s1. The number of hydrogen-bond acceptors (Lipinski definition) is 3. The molecule has 2 aromatic rings. The molecular weight excluding hydrogens is 316 g/mol. The lowest BCUT2D eigenvalue weighted by atomic mass is 9.98. The largest absolute Gasteiger partial charge is 0.459 e. The smallest absolute Gasteiger partial charge is 0.318 e. The Labute approximate surface area is 149 Å². The van der Waals surface area contributed by atoms with E-state index in [0.29, 0.717) is 19.0 Å². The molecule has 1 aromatic heterocycles. The Kier molecular flexibility index (Phi) is 5.04. The molecule has 25 heavy (non-hydrogen) atoms. The van der Waals surface area contributed by atoms with Crippen molar-refractivity contribution in [2.45, 2.75) is 33.7 Å². The molecule has 1 fully saturated rings. The predicted octanol–water partition coefficient (Wildman–Crippen LogP) is 3.71. The molecule has 0 radical (unpaired) electrons. The zero-order chi connectivity index (χ0) is 18.1. The first-order valence-corrected chi connectivity index (χ1v) is 9.06. The molecule has 3 rings (SSSR count). The van der Waals surface area contributed by atoms with Gasteiger partial charge in [0, 0.05) is 36.6 Å². The first-order valence-electron chi connectivity index (χ1n) is 9.06. The van der Waals surface area contributed by atoms with Gasteiger partial charge in [-0.25, -0.2) is 4.79 Å². The molecule has 1 saturated heterocycles. The van der Waals surface area contributed by atoms with Gasteiger partial charge in [0.15, 0.2) is 0 Å². The normalized spacial score (nSPS) is 21.9. The maximum Gasteiger partial charge on any atom is 0.318 e. The first kappa shape index (κ1) is 17.8. The van der Waals surface area contributed by atoms with Crippen molar-refractivity contribution < 1.29 is 14.3 Å². The van der Waals surface area contributed by atoms with Crippen molar-refractivity contribution in [2.24, 2.45) is 17.8 Å². The lowest BCUT2D eigenvalue weighted by Crippen LogP contribution is -2.42. The SMILES string of the molecule is Cc1c([C@H](NC(=O)N2C[C@@H](CO)[C@H](C)C2)C(C)C)oc2ccccc12.